The molecule has 0 aliphatic rings. The monoisotopic (exact) mass is 312 g/mol. The summed E-state index contributed by atoms with van der Waals surface area (Å²) in [7, 11) is 0. The molecule has 0 spiro atoms. The number of H-pyrrole nitrogens is 1. The van der Waals surface area contributed by atoms with Crippen LogP contribution in [0, 0.1) is 0 Å². The average molecular weight is 313 g/mol. The molecule has 22 heavy (non-hydrogen) atoms. The molecule has 0 amide bonds. The predicted octanol–water partition coefficient (Wildman–Crippen LogP) is 3.39. The van der Waals surface area contributed by atoms with E-state index in [0.29, 0.717) is 22.7 Å². The standard InChI is InChI=1S/C17H13ClN2O2/c18-14-5-3-12(4-6-14)16-10-13(17(22)20-19-16)9-11-1-7-15(21)8-2-11/h1-8,10,21H,9H2,(H,20,22). The third-order valence-corrected chi connectivity index (χ3v) is 3.60. The molecular formula is C17H13ClN2O2. The molecular weight excluding hydrogens is 300 g/mol. The third-order valence-electron chi connectivity index (χ3n) is 3.35. The second kappa shape index (κ2) is 6.03. The number of phenols is 1. The van der Waals surface area contributed by atoms with E-state index < -0.39 is 0 Å². The van der Waals surface area contributed by atoms with Crippen molar-refractivity contribution in [2.45, 2.75) is 6.42 Å². The summed E-state index contributed by atoms with van der Waals surface area (Å²) in [5.41, 5.74) is 2.91. The van der Waals surface area contributed by atoms with Crippen molar-refractivity contribution in [3.8, 4) is 17.0 Å². The van der Waals surface area contributed by atoms with Crippen molar-refractivity contribution in [3.63, 3.8) is 0 Å². The fourth-order valence-electron chi connectivity index (χ4n) is 2.18. The number of aromatic hydroxyl groups is 1. The lowest BCUT2D eigenvalue weighted by atomic mass is 10.0. The zero-order chi connectivity index (χ0) is 15.5. The van der Waals surface area contributed by atoms with E-state index in [0.717, 1.165) is 11.1 Å². The van der Waals surface area contributed by atoms with Crippen LogP contribution in [0.4, 0.5) is 0 Å². The Bertz CT molecular complexity index is 840. The van der Waals surface area contributed by atoms with Crippen molar-refractivity contribution in [3.05, 3.63) is 81.1 Å². The van der Waals surface area contributed by atoms with Crippen LogP contribution < -0.4 is 5.56 Å². The first-order valence-corrected chi connectivity index (χ1v) is 7.12. The van der Waals surface area contributed by atoms with Crippen LogP contribution >= 0.6 is 11.6 Å². The molecule has 1 heterocycles. The largest absolute Gasteiger partial charge is 0.508 e. The number of nitrogens with zero attached hydrogens (tertiary/aromatic N) is 1. The van der Waals surface area contributed by atoms with Crippen molar-refractivity contribution in [1.82, 2.24) is 10.2 Å². The first-order chi connectivity index (χ1) is 10.6. The van der Waals surface area contributed by atoms with Crippen molar-refractivity contribution in [2.75, 3.05) is 0 Å². The van der Waals surface area contributed by atoms with Crippen LogP contribution in [-0.2, 0) is 6.42 Å². The lowest BCUT2D eigenvalue weighted by Crippen LogP contribution is -2.14. The Balaban J connectivity index is 1.94. The normalized spacial score (nSPS) is 10.6. The first-order valence-electron chi connectivity index (χ1n) is 6.74. The van der Waals surface area contributed by atoms with Gasteiger partial charge in [0.05, 0.1) is 5.69 Å². The van der Waals surface area contributed by atoms with E-state index in [1.165, 1.54) is 0 Å². The van der Waals surface area contributed by atoms with Crippen molar-refractivity contribution >= 4 is 11.6 Å². The number of halogens is 1. The van der Waals surface area contributed by atoms with Gasteiger partial charge < -0.3 is 5.11 Å². The number of benzene rings is 2. The highest BCUT2D eigenvalue weighted by molar-refractivity contribution is 6.30. The molecule has 0 saturated heterocycles. The quantitative estimate of drug-likeness (QED) is 0.779. The van der Waals surface area contributed by atoms with Crippen LogP contribution in [0.1, 0.15) is 11.1 Å². The fraction of sp³-hybridized carbons (Fsp3) is 0.0588. The molecule has 0 aliphatic carbocycles. The SMILES string of the molecule is O=c1[nH]nc(-c2ccc(Cl)cc2)cc1Cc1ccc(O)cc1. The minimum atomic E-state index is -0.217. The molecule has 110 valence electrons. The van der Waals surface area contributed by atoms with Crippen LogP contribution in [0.2, 0.25) is 5.02 Å². The predicted molar refractivity (Wildman–Crippen MR) is 86.2 cm³/mol. The smallest absolute Gasteiger partial charge is 0.267 e. The van der Waals surface area contributed by atoms with Gasteiger partial charge in [0.15, 0.2) is 0 Å². The molecule has 5 heteroatoms. The summed E-state index contributed by atoms with van der Waals surface area (Å²) in [5, 5.41) is 16.6. The second-order valence-corrected chi connectivity index (χ2v) is 5.39. The Morgan fingerprint density at radius 3 is 2.41 bits per heavy atom. The number of rotatable bonds is 3. The maximum absolute atomic E-state index is 11.9. The topological polar surface area (TPSA) is 66.0 Å². The summed E-state index contributed by atoms with van der Waals surface area (Å²) in [6.45, 7) is 0. The van der Waals surface area contributed by atoms with Crippen LogP contribution in [-0.4, -0.2) is 15.3 Å². The number of nitrogens with one attached hydrogen (secondary N) is 1. The Labute approximate surface area is 132 Å². The molecule has 2 N–H and O–H groups in total. The van der Waals surface area contributed by atoms with Crippen LogP contribution in [0.25, 0.3) is 11.3 Å². The zero-order valence-electron chi connectivity index (χ0n) is 11.6. The molecule has 0 radical (unpaired) electrons. The zero-order valence-corrected chi connectivity index (χ0v) is 12.3. The highest BCUT2D eigenvalue weighted by atomic mass is 35.5. The van der Waals surface area contributed by atoms with Gasteiger partial charge in [-0.1, -0.05) is 35.9 Å². The van der Waals surface area contributed by atoms with Gasteiger partial charge in [0.1, 0.15) is 5.75 Å². The number of aromatic amines is 1. The molecule has 4 nitrogen and oxygen atoms in total. The van der Waals surface area contributed by atoms with Gasteiger partial charge >= 0.3 is 0 Å². The van der Waals surface area contributed by atoms with E-state index in [1.54, 1.807) is 42.5 Å². The summed E-state index contributed by atoms with van der Waals surface area (Å²) in [4.78, 5) is 11.9. The Morgan fingerprint density at radius 1 is 1.05 bits per heavy atom. The maximum Gasteiger partial charge on any atom is 0.267 e. The number of hydrogen-bond donors (Lipinski definition) is 2. The minimum Gasteiger partial charge on any atom is -0.508 e. The van der Waals surface area contributed by atoms with Crippen LogP contribution in [0.3, 0.4) is 0 Å². The van der Waals surface area contributed by atoms with Crippen LogP contribution in [0.5, 0.6) is 5.75 Å². The van der Waals surface area contributed by atoms with Gasteiger partial charge in [-0.05, 0) is 35.9 Å². The van der Waals surface area contributed by atoms with Gasteiger partial charge in [-0.2, -0.15) is 5.10 Å². The summed E-state index contributed by atoms with van der Waals surface area (Å²) >= 11 is 5.88. The highest BCUT2D eigenvalue weighted by Crippen LogP contribution is 2.20. The molecule has 0 unspecified atom stereocenters. The number of phenolic OH excluding ortho intramolecular Hbond substituents is 1. The van der Waals surface area contributed by atoms with Gasteiger partial charge in [0, 0.05) is 22.6 Å². The van der Waals surface area contributed by atoms with Crippen molar-refractivity contribution < 1.29 is 5.11 Å². The number of aromatic nitrogens is 2. The molecule has 1 aromatic heterocycles. The average Bonchev–Trinajstić information content (AvgIpc) is 2.52. The van der Waals surface area contributed by atoms with E-state index in [-0.39, 0.29) is 11.3 Å². The Morgan fingerprint density at radius 2 is 1.73 bits per heavy atom. The highest BCUT2D eigenvalue weighted by Gasteiger charge is 2.07. The third kappa shape index (κ3) is 3.18. The molecule has 0 fully saturated rings. The fourth-order valence-corrected chi connectivity index (χ4v) is 2.31. The van der Waals surface area contributed by atoms with Gasteiger partial charge in [-0.15, -0.1) is 0 Å². The van der Waals surface area contributed by atoms with E-state index in [2.05, 4.69) is 10.2 Å². The first kappa shape index (κ1) is 14.4. The molecule has 0 saturated carbocycles. The van der Waals surface area contributed by atoms with E-state index >= 15 is 0 Å². The molecule has 3 aromatic rings. The summed E-state index contributed by atoms with van der Waals surface area (Å²) in [5.74, 6) is 0.203. The van der Waals surface area contributed by atoms with Gasteiger partial charge in [-0.3, -0.25) is 4.79 Å². The lowest BCUT2D eigenvalue weighted by molar-refractivity contribution is 0.475. The molecule has 0 atom stereocenters. The van der Waals surface area contributed by atoms with Crippen molar-refractivity contribution in [1.29, 1.82) is 0 Å². The minimum absolute atomic E-state index is 0.203. The van der Waals surface area contributed by atoms with E-state index in [1.807, 2.05) is 12.1 Å². The summed E-state index contributed by atoms with van der Waals surface area (Å²) in [6.07, 6.45) is 0.471. The Hall–Kier alpha value is -2.59. The van der Waals surface area contributed by atoms with Gasteiger partial charge in [0.2, 0.25) is 0 Å². The van der Waals surface area contributed by atoms with Gasteiger partial charge in [0.25, 0.3) is 5.56 Å². The maximum atomic E-state index is 11.9. The summed E-state index contributed by atoms with van der Waals surface area (Å²) < 4.78 is 0. The molecule has 0 aliphatic heterocycles. The van der Waals surface area contributed by atoms with Crippen molar-refractivity contribution in [2.24, 2.45) is 0 Å². The van der Waals surface area contributed by atoms with Crippen LogP contribution in [0.15, 0.2) is 59.4 Å². The second-order valence-electron chi connectivity index (χ2n) is 4.96. The molecule has 0 bridgehead atoms. The number of hydrogen-bond acceptors (Lipinski definition) is 3. The van der Waals surface area contributed by atoms with E-state index in [9.17, 15) is 9.90 Å². The molecule has 3 rings (SSSR count). The van der Waals surface area contributed by atoms with Gasteiger partial charge in [-0.25, -0.2) is 5.10 Å². The Kier molecular flexibility index (Phi) is 3.94. The van der Waals surface area contributed by atoms with E-state index in [4.69, 9.17) is 11.6 Å². The summed E-state index contributed by atoms with van der Waals surface area (Å²) in [6, 6.07) is 15.8. The lowest BCUT2D eigenvalue weighted by Gasteiger charge is -2.05. The molecule has 2 aromatic carbocycles.